The highest BCUT2D eigenvalue weighted by Gasteiger charge is 2.37. The molecular weight excluding hydrogens is 236 g/mol. The third-order valence-corrected chi connectivity index (χ3v) is 3.12. The molecule has 0 spiro atoms. The summed E-state index contributed by atoms with van der Waals surface area (Å²) in [6, 6.07) is 0. The molecule has 0 heterocycles. The van der Waals surface area contributed by atoms with Crippen molar-refractivity contribution in [3.63, 3.8) is 0 Å². The zero-order valence-corrected chi connectivity index (χ0v) is 9.68. The lowest BCUT2D eigenvalue weighted by atomic mass is 9.83. The van der Waals surface area contributed by atoms with Crippen molar-refractivity contribution in [2.75, 3.05) is 0 Å². The van der Waals surface area contributed by atoms with Crippen molar-refractivity contribution in [2.45, 2.75) is 57.0 Å². The molecule has 1 aliphatic rings. The molecule has 1 aliphatic carbocycles. The zero-order valence-electron chi connectivity index (χ0n) is 9.68. The van der Waals surface area contributed by atoms with E-state index in [9.17, 15) is 17.6 Å². The van der Waals surface area contributed by atoms with Crippen LogP contribution in [0.5, 0.6) is 0 Å². The van der Waals surface area contributed by atoms with Crippen LogP contribution in [0.4, 0.5) is 17.6 Å². The number of ether oxygens (including phenoxy) is 1. The normalized spacial score (nSPS) is 25.9. The highest BCUT2D eigenvalue weighted by Crippen LogP contribution is 2.37. The first kappa shape index (κ1) is 14.3. The van der Waals surface area contributed by atoms with Gasteiger partial charge in [0.25, 0.3) is 5.92 Å². The Bertz CT molecular complexity index is 235. The van der Waals surface area contributed by atoms with Crippen LogP contribution in [0, 0.1) is 5.92 Å². The van der Waals surface area contributed by atoms with Gasteiger partial charge in [-0.3, -0.25) is 0 Å². The Balaban J connectivity index is 2.32. The molecule has 0 aromatic rings. The first-order chi connectivity index (χ1) is 7.93. The first-order valence-electron chi connectivity index (χ1n) is 5.85. The van der Waals surface area contributed by atoms with Gasteiger partial charge in [-0.1, -0.05) is 6.58 Å². The summed E-state index contributed by atoms with van der Waals surface area (Å²) in [4.78, 5) is 0. The van der Waals surface area contributed by atoms with Gasteiger partial charge in [0.15, 0.2) is 0 Å². The molecule has 0 saturated heterocycles. The molecule has 1 rings (SSSR count). The third-order valence-electron chi connectivity index (χ3n) is 3.12. The fourth-order valence-electron chi connectivity index (χ4n) is 2.34. The number of hydrogen-bond acceptors (Lipinski definition) is 1. The quantitative estimate of drug-likeness (QED) is 0.504. The van der Waals surface area contributed by atoms with E-state index in [1.807, 2.05) is 0 Å². The van der Waals surface area contributed by atoms with E-state index in [-0.39, 0.29) is 12.0 Å². The second-order valence-corrected chi connectivity index (χ2v) is 4.60. The largest absolute Gasteiger partial charge is 0.499 e. The highest BCUT2D eigenvalue weighted by atomic mass is 19.3. The lowest BCUT2D eigenvalue weighted by molar-refractivity contribution is -0.0761. The maximum absolute atomic E-state index is 13.2. The summed E-state index contributed by atoms with van der Waals surface area (Å²) in [5.74, 6) is -3.42. The molecular formula is C12H18F4O. The van der Waals surface area contributed by atoms with Gasteiger partial charge in [-0.15, -0.1) is 0 Å². The van der Waals surface area contributed by atoms with Crippen LogP contribution in [0.2, 0.25) is 0 Å². The summed E-state index contributed by atoms with van der Waals surface area (Å²) >= 11 is 0. The Labute approximate surface area is 98.8 Å². The van der Waals surface area contributed by atoms with Gasteiger partial charge in [-0.05, 0) is 31.6 Å². The van der Waals surface area contributed by atoms with E-state index in [1.54, 1.807) is 0 Å². The highest BCUT2D eigenvalue weighted by molar-refractivity contribution is 4.79. The van der Waals surface area contributed by atoms with Crippen LogP contribution in [0.15, 0.2) is 12.8 Å². The molecule has 0 aromatic heterocycles. The van der Waals surface area contributed by atoms with Gasteiger partial charge in [-0.25, -0.2) is 17.6 Å². The minimum Gasteiger partial charge on any atom is -0.499 e. The van der Waals surface area contributed by atoms with Gasteiger partial charge < -0.3 is 4.74 Å². The molecule has 0 bridgehead atoms. The van der Waals surface area contributed by atoms with Gasteiger partial charge >= 0.3 is 0 Å². The Morgan fingerprint density at radius 3 is 2.29 bits per heavy atom. The second-order valence-electron chi connectivity index (χ2n) is 4.60. The van der Waals surface area contributed by atoms with Gasteiger partial charge in [0, 0.05) is 6.42 Å². The Kier molecular flexibility index (Phi) is 5.28. The van der Waals surface area contributed by atoms with E-state index in [4.69, 9.17) is 4.74 Å². The van der Waals surface area contributed by atoms with Crippen LogP contribution in [0.25, 0.3) is 0 Å². The molecule has 0 N–H and O–H groups in total. The molecule has 1 nitrogen and oxygen atoms in total. The lowest BCUT2D eigenvalue weighted by Crippen LogP contribution is -2.28. The summed E-state index contributed by atoms with van der Waals surface area (Å²) in [5.41, 5.74) is 0. The monoisotopic (exact) mass is 254 g/mol. The summed E-state index contributed by atoms with van der Waals surface area (Å²) in [7, 11) is 0. The standard InChI is InChI=1S/C12H18F4O/c1-2-17-10-5-3-9(4-6-10)7-12(15,16)8-11(13)14/h2,9-11H,1,3-8H2. The average Bonchev–Trinajstić information content (AvgIpc) is 2.18. The molecule has 0 atom stereocenters. The number of halogens is 4. The van der Waals surface area contributed by atoms with Gasteiger partial charge in [0.1, 0.15) is 0 Å². The van der Waals surface area contributed by atoms with Crippen LogP contribution < -0.4 is 0 Å². The maximum atomic E-state index is 13.2. The Hall–Kier alpha value is -0.740. The first-order valence-corrected chi connectivity index (χ1v) is 5.85. The molecule has 1 saturated carbocycles. The Morgan fingerprint density at radius 2 is 1.82 bits per heavy atom. The van der Waals surface area contributed by atoms with Gasteiger partial charge in [-0.2, -0.15) is 0 Å². The maximum Gasteiger partial charge on any atom is 0.253 e. The topological polar surface area (TPSA) is 9.23 Å². The molecule has 0 aliphatic heterocycles. The van der Waals surface area contributed by atoms with Crippen LogP contribution in [0.3, 0.4) is 0 Å². The average molecular weight is 254 g/mol. The van der Waals surface area contributed by atoms with Crippen molar-refractivity contribution < 1.29 is 22.3 Å². The third kappa shape index (κ3) is 5.41. The summed E-state index contributed by atoms with van der Waals surface area (Å²) in [6.07, 6.45) is -0.680. The van der Waals surface area contributed by atoms with E-state index < -0.39 is 25.2 Å². The fourth-order valence-corrected chi connectivity index (χ4v) is 2.34. The smallest absolute Gasteiger partial charge is 0.253 e. The molecule has 0 radical (unpaired) electrons. The van der Waals surface area contributed by atoms with E-state index in [1.165, 1.54) is 6.26 Å². The van der Waals surface area contributed by atoms with Crippen molar-refractivity contribution in [3.05, 3.63) is 12.8 Å². The molecule has 0 unspecified atom stereocenters. The molecule has 100 valence electrons. The van der Waals surface area contributed by atoms with Crippen LogP contribution in [-0.2, 0) is 4.74 Å². The van der Waals surface area contributed by atoms with Crippen molar-refractivity contribution in [1.29, 1.82) is 0 Å². The number of rotatable bonds is 6. The minimum atomic E-state index is -3.25. The van der Waals surface area contributed by atoms with E-state index >= 15 is 0 Å². The minimum absolute atomic E-state index is 0.0486. The lowest BCUT2D eigenvalue weighted by Gasteiger charge is -2.30. The fraction of sp³-hybridized carbons (Fsp3) is 0.833. The molecule has 0 amide bonds. The Morgan fingerprint density at radius 1 is 1.24 bits per heavy atom. The molecule has 5 heteroatoms. The van der Waals surface area contributed by atoms with E-state index in [2.05, 4.69) is 6.58 Å². The SMILES string of the molecule is C=COC1CCC(CC(F)(F)CC(F)F)CC1. The van der Waals surface area contributed by atoms with Crippen LogP contribution in [-0.4, -0.2) is 18.5 Å². The second kappa shape index (κ2) is 6.26. The number of alkyl halides is 4. The summed E-state index contributed by atoms with van der Waals surface area (Å²) < 4.78 is 55.4. The van der Waals surface area contributed by atoms with Gasteiger partial charge in [0.05, 0.1) is 18.8 Å². The summed E-state index contributed by atoms with van der Waals surface area (Å²) in [6.45, 7) is 3.44. The van der Waals surface area contributed by atoms with Crippen LogP contribution >= 0.6 is 0 Å². The van der Waals surface area contributed by atoms with Crippen molar-refractivity contribution in [1.82, 2.24) is 0 Å². The number of hydrogen-bond donors (Lipinski definition) is 0. The van der Waals surface area contributed by atoms with E-state index in [0.717, 1.165) is 0 Å². The summed E-state index contributed by atoms with van der Waals surface area (Å²) in [5, 5.41) is 0. The predicted molar refractivity (Wildman–Crippen MR) is 57.2 cm³/mol. The molecule has 0 aromatic carbocycles. The van der Waals surface area contributed by atoms with Crippen molar-refractivity contribution in [3.8, 4) is 0 Å². The predicted octanol–water partition coefficient (Wildman–Crippen LogP) is 4.39. The van der Waals surface area contributed by atoms with E-state index in [0.29, 0.717) is 25.7 Å². The molecule has 17 heavy (non-hydrogen) atoms. The van der Waals surface area contributed by atoms with Gasteiger partial charge in [0.2, 0.25) is 6.43 Å². The molecule has 1 fully saturated rings. The van der Waals surface area contributed by atoms with Crippen molar-refractivity contribution in [2.24, 2.45) is 5.92 Å². The zero-order chi connectivity index (χ0) is 12.9. The van der Waals surface area contributed by atoms with Crippen LogP contribution in [0.1, 0.15) is 38.5 Å². The van der Waals surface area contributed by atoms with Crippen molar-refractivity contribution >= 4 is 0 Å².